The molecule has 4 heteroatoms. The van der Waals surface area contributed by atoms with Crippen LogP contribution in [0.5, 0.6) is 0 Å². The summed E-state index contributed by atoms with van der Waals surface area (Å²) in [4.78, 5) is 21.5. The highest BCUT2D eigenvalue weighted by atomic mass is 16.6. The van der Waals surface area contributed by atoms with Gasteiger partial charge in [-0.1, -0.05) is 18.7 Å². The summed E-state index contributed by atoms with van der Waals surface area (Å²) in [5, 5.41) is 0. The maximum absolute atomic E-state index is 11.0. The third kappa shape index (κ3) is 4.79. The van der Waals surface area contributed by atoms with Crippen molar-refractivity contribution in [3.05, 3.63) is 24.8 Å². The SMILES string of the molecule is C=C/C=C/C(OC(C)=O)C(=O)OC. The van der Waals surface area contributed by atoms with E-state index in [0.29, 0.717) is 0 Å². The Bertz CT molecular complexity index is 230. The lowest BCUT2D eigenvalue weighted by Crippen LogP contribution is -2.25. The monoisotopic (exact) mass is 184 g/mol. The van der Waals surface area contributed by atoms with E-state index in [2.05, 4.69) is 16.1 Å². The van der Waals surface area contributed by atoms with Crippen LogP contribution in [0.3, 0.4) is 0 Å². The van der Waals surface area contributed by atoms with Gasteiger partial charge in [-0.3, -0.25) is 4.79 Å². The average Bonchev–Trinajstić information content (AvgIpc) is 2.10. The van der Waals surface area contributed by atoms with Crippen molar-refractivity contribution in [2.24, 2.45) is 0 Å². The van der Waals surface area contributed by atoms with Crippen molar-refractivity contribution >= 4 is 11.9 Å². The molecule has 0 aliphatic rings. The lowest BCUT2D eigenvalue weighted by atomic mass is 10.3. The van der Waals surface area contributed by atoms with Gasteiger partial charge in [-0.15, -0.1) is 0 Å². The number of esters is 2. The molecule has 13 heavy (non-hydrogen) atoms. The highest BCUT2D eigenvalue weighted by molar-refractivity contribution is 5.80. The van der Waals surface area contributed by atoms with Crippen LogP contribution in [0, 0.1) is 0 Å². The summed E-state index contributed by atoms with van der Waals surface area (Å²) in [6, 6.07) is 0. The van der Waals surface area contributed by atoms with E-state index < -0.39 is 18.0 Å². The molecule has 0 aliphatic heterocycles. The summed E-state index contributed by atoms with van der Waals surface area (Å²) < 4.78 is 9.07. The molecule has 0 heterocycles. The zero-order chi connectivity index (χ0) is 10.3. The number of carbonyl (C=O) groups excluding carboxylic acids is 2. The molecule has 0 aromatic heterocycles. The molecule has 0 amide bonds. The molecule has 4 nitrogen and oxygen atoms in total. The first-order chi connectivity index (χ1) is 6.11. The summed E-state index contributed by atoms with van der Waals surface area (Å²) in [5.74, 6) is -1.16. The summed E-state index contributed by atoms with van der Waals surface area (Å²) in [7, 11) is 1.22. The zero-order valence-electron chi connectivity index (χ0n) is 7.65. The van der Waals surface area contributed by atoms with Crippen molar-refractivity contribution in [1.29, 1.82) is 0 Å². The van der Waals surface area contributed by atoms with Crippen LogP contribution in [0.15, 0.2) is 24.8 Å². The first-order valence-corrected chi connectivity index (χ1v) is 3.66. The number of hydrogen-bond acceptors (Lipinski definition) is 4. The van der Waals surface area contributed by atoms with Gasteiger partial charge in [0.25, 0.3) is 0 Å². The average molecular weight is 184 g/mol. The minimum absolute atomic E-state index is 0.538. The first-order valence-electron chi connectivity index (χ1n) is 3.66. The van der Waals surface area contributed by atoms with Gasteiger partial charge in [0.1, 0.15) is 0 Å². The molecule has 1 unspecified atom stereocenters. The summed E-state index contributed by atoms with van der Waals surface area (Å²) in [6.07, 6.45) is 3.38. The molecule has 0 spiro atoms. The van der Waals surface area contributed by atoms with Gasteiger partial charge in [-0.2, -0.15) is 0 Å². The van der Waals surface area contributed by atoms with E-state index in [0.717, 1.165) is 0 Å². The molecule has 0 radical (unpaired) electrons. The third-order valence-corrected chi connectivity index (χ3v) is 1.15. The standard InChI is InChI=1S/C9H12O4/c1-4-5-6-8(9(11)12-3)13-7(2)10/h4-6,8H,1H2,2-3H3/b6-5+. The molecule has 0 saturated carbocycles. The van der Waals surface area contributed by atoms with Gasteiger partial charge in [0.05, 0.1) is 7.11 Å². The molecule has 0 aromatic rings. The van der Waals surface area contributed by atoms with Crippen molar-refractivity contribution in [2.45, 2.75) is 13.0 Å². The van der Waals surface area contributed by atoms with Gasteiger partial charge < -0.3 is 9.47 Å². The number of carbonyl (C=O) groups is 2. The molecule has 72 valence electrons. The Morgan fingerprint density at radius 3 is 2.46 bits per heavy atom. The van der Waals surface area contributed by atoms with Gasteiger partial charge in [0.2, 0.25) is 6.10 Å². The number of ether oxygens (including phenoxy) is 2. The Kier molecular flexibility index (Phi) is 5.27. The van der Waals surface area contributed by atoms with Crippen LogP contribution in [-0.2, 0) is 19.1 Å². The number of methoxy groups -OCH3 is 1. The lowest BCUT2D eigenvalue weighted by molar-refractivity contribution is -0.161. The molecule has 1 atom stereocenters. The number of rotatable bonds is 4. The Hall–Kier alpha value is -1.58. The number of hydrogen-bond donors (Lipinski definition) is 0. The first kappa shape index (κ1) is 11.4. The van der Waals surface area contributed by atoms with Crippen molar-refractivity contribution in [2.75, 3.05) is 7.11 Å². The van der Waals surface area contributed by atoms with Gasteiger partial charge >= 0.3 is 11.9 Å². The molecule has 0 fully saturated rings. The van der Waals surface area contributed by atoms with Gasteiger partial charge in [-0.05, 0) is 6.08 Å². The lowest BCUT2D eigenvalue weighted by Gasteiger charge is -2.09. The highest BCUT2D eigenvalue weighted by Crippen LogP contribution is 1.98. The van der Waals surface area contributed by atoms with Crippen LogP contribution >= 0.6 is 0 Å². The summed E-state index contributed by atoms with van der Waals surface area (Å²) in [6.45, 7) is 4.64. The van der Waals surface area contributed by atoms with Crippen LogP contribution < -0.4 is 0 Å². The van der Waals surface area contributed by atoms with Crippen LogP contribution in [-0.4, -0.2) is 25.2 Å². The van der Waals surface area contributed by atoms with Crippen molar-refractivity contribution in [3.63, 3.8) is 0 Å². The largest absolute Gasteiger partial charge is 0.466 e. The maximum Gasteiger partial charge on any atom is 0.351 e. The molecular weight excluding hydrogens is 172 g/mol. The van der Waals surface area contributed by atoms with Gasteiger partial charge in [0, 0.05) is 6.92 Å². The number of allylic oxidation sites excluding steroid dienone is 2. The smallest absolute Gasteiger partial charge is 0.351 e. The molecular formula is C9H12O4. The Morgan fingerprint density at radius 1 is 1.46 bits per heavy atom. The fourth-order valence-electron chi connectivity index (χ4n) is 0.640. The van der Waals surface area contributed by atoms with Crippen molar-refractivity contribution < 1.29 is 19.1 Å². The minimum atomic E-state index is -0.986. The normalized spacial score (nSPS) is 12.2. The van der Waals surface area contributed by atoms with Gasteiger partial charge in [0.15, 0.2) is 0 Å². The Labute approximate surface area is 76.8 Å². The topological polar surface area (TPSA) is 52.6 Å². The summed E-state index contributed by atoms with van der Waals surface area (Å²) in [5.41, 5.74) is 0. The molecule has 0 rings (SSSR count). The fourth-order valence-corrected chi connectivity index (χ4v) is 0.640. The van der Waals surface area contributed by atoms with Crippen LogP contribution in [0.25, 0.3) is 0 Å². The molecule has 0 bridgehead atoms. The van der Waals surface area contributed by atoms with Gasteiger partial charge in [-0.25, -0.2) is 4.79 Å². The predicted molar refractivity (Wildman–Crippen MR) is 46.9 cm³/mol. The second-order valence-electron chi connectivity index (χ2n) is 2.17. The van der Waals surface area contributed by atoms with Crippen LogP contribution in [0.4, 0.5) is 0 Å². The second-order valence-corrected chi connectivity index (χ2v) is 2.17. The predicted octanol–water partition coefficient (Wildman–Crippen LogP) is 0.833. The van der Waals surface area contributed by atoms with Crippen LogP contribution in [0.1, 0.15) is 6.92 Å². The minimum Gasteiger partial charge on any atom is -0.466 e. The molecule has 0 aliphatic carbocycles. The van der Waals surface area contributed by atoms with E-state index in [-0.39, 0.29) is 0 Å². The third-order valence-electron chi connectivity index (χ3n) is 1.15. The van der Waals surface area contributed by atoms with Crippen LogP contribution in [0.2, 0.25) is 0 Å². The second kappa shape index (κ2) is 5.99. The van der Waals surface area contributed by atoms with E-state index in [1.165, 1.54) is 32.3 Å². The molecule has 0 saturated heterocycles. The molecule has 0 N–H and O–H groups in total. The Balaban J connectivity index is 4.35. The molecule has 0 aromatic carbocycles. The zero-order valence-corrected chi connectivity index (χ0v) is 7.65. The van der Waals surface area contributed by atoms with E-state index in [1.54, 1.807) is 0 Å². The van der Waals surface area contributed by atoms with E-state index in [1.807, 2.05) is 0 Å². The fraction of sp³-hybridized carbons (Fsp3) is 0.333. The van der Waals surface area contributed by atoms with E-state index in [4.69, 9.17) is 0 Å². The Morgan fingerprint density at radius 2 is 2.08 bits per heavy atom. The van der Waals surface area contributed by atoms with E-state index >= 15 is 0 Å². The van der Waals surface area contributed by atoms with Crippen molar-refractivity contribution in [1.82, 2.24) is 0 Å². The summed E-state index contributed by atoms with van der Waals surface area (Å²) >= 11 is 0. The quantitative estimate of drug-likeness (QED) is 0.479. The highest BCUT2D eigenvalue weighted by Gasteiger charge is 2.18. The van der Waals surface area contributed by atoms with E-state index in [9.17, 15) is 9.59 Å². The maximum atomic E-state index is 11.0. The van der Waals surface area contributed by atoms with Crippen molar-refractivity contribution in [3.8, 4) is 0 Å².